The van der Waals surface area contributed by atoms with Gasteiger partial charge in [0, 0.05) is 23.7 Å². The molecule has 0 radical (unpaired) electrons. The average Bonchev–Trinajstić information content (AvgIpc) is 3.21. The van der Waals surface area contributed by atoms with Crippen LogP contribution in [0.5, 0.6) is 0 Å². The molecule has 0 unspecified atom stereocenters. The van der Waals surface area contributed by atoms with Crippen LogP contribution in [0, 0.1) is 5.92 Å². The zero-order valence-electron chi connectivity index (χ0n) is 13.0. The molecule has 2 aromatic heterocycles. The molecular weight excluding hydrogens is 320 g/mol. The van der Waals surface area contributed by atoms with Gasteiger partial charge in [-0.2, -0.15) is 0 Å². The Hall–Kier alpha value is -2.47. The summed E-state index contributed by atoms with van der Waals surface area (Å²) in [6.45, 7) is 1.00. The Balaban J connectivity index is 1.47. The number of aromatic nitrogens is 2. The first kappa shape index (κ1) is 13.9. The fourth-order valence-electron chi connectivity index (χ4n) is 3.03. The largest absolute Gasteiger partial charge is 0.384 e. The zero-order valence-corrected chi connectivity index (χ0v) is 13.8. The summed E-state index contributed by atoms with van der Waals surface area (Å²) in [5, 5.41) is 6.95. The number of carbonyl (C=O) groups is 1. The Labute approximate surface area is 143 Å². The lowest BCUT2D eigenvalue weighted by atomic mass is 10.1. The fraction of sp³-hybridized carbons (Fsp3) is 0.278. The number of nitrogens with zero attached hydrogens (tertiary/aromatic N) is 2. The van der Waals surface area contributed by atoms with Crippen molar-refractivity contribution in [3.63, 3.8) is 0 Å². The first-order valence-electron chi connectivity index (χ1n) is 8.22. The van der Waals surface area contributed by atoms with Crippen LogP contribution in [0.3, 0.4) is 0 Å². The Kier molecular flexibility index (Phi) is 3.06. The minimum atomic E-state index is 0.0824. The normalized spacial score (nSPS) is 16.0. The molecule has 0 bridgehead atoms. The van der Waals surface area contributed by atoms with Gasteiger partial charge in [0.2, 0.25) is 5.91 Å². The van der Waals surface area contributed by atoms with Crippen molar-refractivity contribution in [3.8, 4) is 11.3 Å². The van der Waals surface area contributed by atoms with E-state index in [-0.39, 0.29) is 11.8 Å². The summed E-state index contributed by atoms with van der Waals surface area (Å²) >= 11 is 1.44. The molecular formula is C18H16N4OS. The van der Waals surface area contributed by atoms with Gasteiger partial charge in [-0.05, 0) is 43.0 Å². The van der Waals surface area contributed by atoms with Gasteiger partial charge in [-0.3, -0.25) is 4.79 Å². The number of anilines is 2. The van der Waals surface area contributed by atoms with Crippen LogP contribution < -0.4 is 10.6 Å². The lowest BCUT2D eigenvalue weighted by Crippen LogP contribution is -2.12. The summed E-state index contributed by atoms with van der Waals surface area (Å²) < 4.78 is 0. The van der Waals surface area contributed by atoms with E-state index >= 15 is 0 Å². The minimum Gasteiger partial charge on any atom is -0.384 e. The van der Waals surface area contributed by atoms with Gasteiger partial charge in [0.25, 0.3) is 0 Å². The quantitative estimate of drug-likeness (QED) is 0.766. The molecule has 1 aliphatic carbocycles. The molecule has 0 saturated heterocycles. The van der Waals surface area contributed by atoms with Crippen LogP contribution in [0.1, 0.15) is 18.4 Å². The fourth-order valence-corrected chi connectivity index (χ4v) is 3.88. The van der Waals surface area contributed by atoms with E-state index in [1.54, 1.807) is 0 Å². The lowest BCUT2D eigenvalue weighted by molar-refractivity contribution is -0.117. The molecule has 2 aliphatic rings. The molecule has 120 valence electrons. The van der Waals surface area contributed by atoms with E-state index in [4.69, 9.17) is 4.98 Å². The van der Waals surface area contributed by atoms with Crippen LogP contribution in [0.4, 0.5) is 10.8 Å². The van der Waals surface area contributed by atoms with Crippen LogP contribution in [0.25, 0.3) is 21.6 Å². The highest BCUT2D eigenvalue weighted by Gasteiger charge is 2.30. The maximum atomic E-state index is 11.9. The first-order chi connectivity index (χ1) is 11.8. The Bertz CT molecular complexity index is 961. The van der Waals surface area contributed by atoms with E-state index in [1.807, 2.05) is 12.1 Å². The van der Waals surface area contributed by atoms with Crippen molar-refractivity contribution in [1.82, 2.24) is 9.97 Å². The van der Waals surface area contributed by atoms with Gasteiger partial charge in [0.15, 0.2) is 5.13 Å². The number of thiazole rings is 1. The average molecular weight is 336 g/mol. The van der Waals surface area contributed by atoms with E-state index in [1.165, 1.54) is 22.6 Å². The first-order valence-corrected chi connectivity index (χ1v) is 9.03. The van der Waals surface area contributed by atoms with Crippen LogP contribution in [0.15, 0.2) is 30.3 Å². The summed E-state index contributed by atoms with van der Waals surface area (Å²) in [5.41, 5.74) is 5.43. The number of amides is 1. The molecule has 1 amide bonds. The van der Waals surface area contributed by atoms with Crippen molar-refractivity contribution in [2.45, 2.75) is 19.3 Å². The number of rotatable bonds is 3. The topological polar surface area (TPSA) is 66.9 Å². The van der Waals surface area contributed by atoms with E-state index < -0.39 is 0 Å². The molecule has 24 heavy (non-hydrogen) atoms. The molecule has 3 aromatic rings. The Morgan fingerprint density at radius 3 is 3.00 bits per heavy atom. The minimum absolute atomic E-state index is 0.0824. The summed E-state index contributed by atoms with van der Waals surface area (Å²) in [6, 6.07) is 10.4. The predicted octanol–water partition coefficient (Wildman–Crippen LogP) is 3.67. The Morgan fingerprint density at radius 1 is 1.21 bits per heavy atom. The number of hydrogen-bond acceptors (Lipinski definition) is 5. The van der Waals surface area contributed by atoms with Crippen molar-refractivity contribution in [3.05, 3.63) is 35.9 Å². The zero-order chi connectivity index (χ0) is 16.1. The molecule has 0 atom stereocenters. The second kappa shape index (κ2) is 5.27. The summed E-state index contributed by atoms with van der Waals surface area (Å²) in [7, 11) is 0. The smallest absolute Gasteiger partial charge is 0.229 e. The Morgan fingerprint density at radius 2 is 2.12 bits per heavy atom. The highest BCUT2D eigenvalue weighted by atomic mass is 32.1. The van der Waals surface area contributed by atoms with Gasteiger partial charge in [-0.1, -0.05) is 23.5 Å². The molecule has 3 heterocycles. The molecule has 1 saturated carbocycles. The third kappa shape index (κ3) is 2.43. The molecule has 1 fully saturated rings. The third-order valence-corrected chi connectivity index (χ3v) is 5.43. The summed E-state index contributed by atoms with van der Waals surface area (Å²) in [6.07, 6.45) is 3.07. The van der Waals surface area contributed by atoms with E-state index in [9.17, 15) is 4.79 Å². The van der Waals surface area contributed by atoms with Gasteiger partial charge in [-0.15, -0.1) is 0 Å². The molecule has 2 N–H and O–H groups in total. The van der Waals surface area contributed by atoms with Gasteiger partial charge >= 0.3 is 0 Å². The number of pyridine rings is 1. The number of carbonyl (C=O) groups excluding carboxylic acids is 1. The van der Waals surface area contributed by atoms with Crippen LogP contribution >= 0.6 is 11.3 Å². The standard InChI is InChI=1S/C18H16N4OS/c23-16(11-2-3-11)22-18-21-14-6-5-13(20-17(14)24-18)12-4-1-10-7-8-19-15(10)9-12/h1,4-6,9,11,19H,2-3,7-8H2,(H,21,22,23). The molecule has 0 spiro atoms. The van der Waals surface area contributed by atoms with Crippen molar-refractivity contribution in [2.75, 3.05) is 17.2 Å². The van der Waals surface area contributed by atoms with E-state index in [0.717, 1.165) is 47.4 Å². The maximum Gasteiger partial charge on any atom is 0.229 e. The lowest BCUT2D eigenvalue weighted by Gasteiger charge is -2.04. The third-order valence-electron chi connectivity index (χ3n) is 4.55. The van der Waals surface area contributed by atoms with Gasteiger partial charge < -0.3 is 10.6 Å². The number of fused-ring (bicyclic) bond motifs is 2. The van der Waals surface area contributed by atoms with E-state index in [2.05, 4.69) is 33.8 Å². The number of nitrogens with one attached hydrogen (secondary N) is 2. The monoisotopic (exact) mass is 336 g/mol. The maximum absolute atomic E-state index is 11.9. The summed E-state index contributed by atoms with van der Waals surface area (Å²) in [4.78, 5) is 21.9. The van der Waals surface area contributed by atoms with Crippen molar-refractivity contribution >= 4 is 38.4 Å². The molecule has 5 rings (SSSR count). The molecule has 1 aliphatic heterocycles. The van der Waals surface area contributed by atoms with Crippen molar-refractivity contribution in [2.24, 2.45) is 5.92 Å². The van der Waals surface area contributed by atoms with Gasteiger partial charge in [-0.25, -0.2) is 9.97 Å². The predicted molar refractivity (Wildman–Crippen MR) is 96.4 cm³/mol. The molecule has 1 aromatic carbocycles. The van der Waals surface area contributed by atoms with Crippen LogP contribution in [0.2, 0.25) is 0 Å². The molecule has 6 heteroatoms. The van der Waals surface area contributed by atoms with E-state index in [0.29, 0.717) is 5.13 Å². The van der Waals surface area contributed by atoms with Gasteiger partial charge in [0.1, 0.15) is 10.3 Å². The van der Waals surface area contributed by atoms with Crippen molar-refractivity contribution < 1.29 is 4.79 Å². The second-order valence-corrected chi connectivity index (χ2v) is 7.33. The highest BCUT2D eigenvalue weighted by Crippen LogP contribution is 2.33. The molecule has 5 nitrogen and oxygen atoms in total. The van der Waals surface area contributed by atoms with Crippen LogP contribution in [-0.4, -0.2) is 22.4 Å². The number of benzene rings is 1. The summed E-state index contributed by atoms with van der Waals surface area (Å²) in [5.74, 6) is 0.262. The van der Waals surface area contributed by atoms with Gasteiger partial charge in [0.05, 0.1) is 5.69 Å². The van der Waals surface area contributed by atoms with Crippen LogP contribution in [-0.2, 0) is 11.2 Å². The second-order valence-electron chi connectivity index (χ2n) is 6.35. The van der Waals surface area contributed by atoms with Crippen molar-refractivity contribution in [1.29, 1.82) is 0 Å². The number of hydrogen-bond donors (Lipinski definition) is 2. The SMILES string of the molecule is O=C(Nc1nc2ccc(-c3ccc4c(c3)NCC4)nc2s1)C1CC1. The highest BCUT2D eigenvalue weighted by molar-refractivity contribution is 7.22.